The highest BCUT2D eigenvalue weighted by Crippen LogP contribution is 1.96. The van der Waals surface area contributed by atoms with E-state index in [1.165, 1.54) is 0 Å². The van der Waals surface area contributed by atoms with Crippen LogP contribution in [0.15, 0.2) is 6.20 Å². The molecule has 0 spiro atoms. The summed E-state index contributed by atoms with van der Waals surface area (Å²) in [5.41, 5.74) is 1.10. The Morgan fingerprint density at radius 1 is 1.46 bits per heavy atom. The summed E-state index contributed by atoms with van der Waals surface area (Å²) in [5, 5.41) is 11.3. The van der Waals surface area contributed by atoms with E-state index >= 15 is 0 Å². The molecule has 0 amide bonds. The summed E-state index contributed by atoms with van der Waals surface area (Å²) in [4.78, 5) is 0. The van der Waals surface area contributed by atoms with Crippen LogP contribution in [-0.4, -0.2) is 28.1 Å². The quantitative estimate of drug-likeness (QED) is 0.663. The summed E-state index contributed by atoms with van der Waals surface area (Å²) < 4.78 is 1.86. The van der Waals surface area contributed by atoms with Crippen LogP contribution in [0, 0.1) is 0 Å². The van der Waals surface area contributed by atoms with Crippen molar-refractivity contribution in [1.29, 1.82) is 0 Å². The number of aryl methyl sites for hydroxylation is 2. The maximum Gasteiger partial charge on any atom is 0.0827 e. The summed E-state index contributed by atoms with van der Waals surface area (Å²) in [5.74, 6) is 0. The van der Waals surface area contributed by atoms with Crippen molar-refractivity contribution in [1.82, 2.24) is 20.3 Å². The Hall–Kier alpha value is -0.900. The molecule has 0 aromatic carbocycles. The van der Waals surface area contributed by atoms with Crippen LogP contribution < -0.4 is 5.32 Å². The van der Waals surface area contributed by atoms with Crippen molar-refractivity contribution in [3.05, 3.63) is 11.9 Å². The van der Waals surface area contributed by atoms with E-state index in [2.05, 4.69) is 29.5 Å². The van der Waals surface area contributed by atoms with Gasteiger partial charge in [-0.3, -0.25) is 4.68 Å². The molecule has 4 nitrogen and oxygen atoms in total. The summed E-state index contributed by atoms with van der Waals surface area (Å²) in [7, 11) is 0. The monoisotopic (exact) mass is 182 g/mol. The predicted molar refractivity (Wildman–Crippen MR) is 52.6 cm³/mol. The number of hydrogen-bond donors (Lipinski definition) is 1. The van der Waals surface area contributed by atoms with Crippen LogP contribution in [0.3, 0.4) is 0 Å². The van der Waals surface area contributed by atoms with Gasteiger partial charge < -0.3 is 5.32 Å². The Bertz CT molecular complexity index is 231. The van der Waals surface area contributed by atoms with Gasteiger partial charge in [0.05, 0.1) is 5.69 Å². The molecular weight excluding hydrogens is 164 g/mol. The number of hydrogen-bond acceptors (Lipinski definition) is 3. The second kappa shape index (κ2) is 5.70. The molecule has 0 radical (unpaired) electrons. The van der Waals surface area contributed by atoms with E-state index in [0.29, 0.717) is 0 Å². The molecule has 1 N–H and O–H groups in total. The molecule has 13 heavy (non-hydrogen) atoms. The third kappa shape index (κ3) is 3.55. The fourth-order valence-corrected chi connectivity index (χ4v) is 1.18. The van der Waals surface area contributed by atoms with Crippen molar-refractivity contribution in [3.8, 4) is 0 Å². The summed E-state index contributed by atoms with van der Waals surface area (Å²) in [6.45, 7) is 7.20. The van der Waals surface area contributed by atoms with Crippen molar-refractivity contribution < 1.29 is 0 Å². The average Bonchev–Trinajstić information content (AvgIpc) is 2.60. The number of nitrogens with one attached hydrogen (secondary N) is 1. The zero-order valence-electron chi connectivity index (χ0n) is 8.45. The van der Waals surface area contributed by atoms with Gasteiger partial charge in [0.2, 0.25) is 0 Å². The molecule has 74 valence electrons. The standard InChI is InChI=1S/C9H18N4/c1-3-10-7-5-6-9-8-13(4-2)12-11-9/h8,10H,3-7H2,1-2H3. The highest BCUT2D eigenvalue weighted by Gasteiger charge is 1.98. The normalized spacial score (nSPS) is 10.6. The van der Waals surface area contributed by atoms with E-state index in [1.807, 2.05) is 10.9 Å². The first kappa shape index (κ1) is 10.2. The fourth-order valence-electron chi connectivity index (χ4n) is 1.18. The molecule has 0 fully saturated rings. The lowest BCUT2D eigenvalue weighted by molar-refractivity contribution is 0.626. The van der Waals surface area contributed by atoms with Crippen LogP contribution in [0.5, 0.6) is 0 Å². The molecule has 0 aliphatic rings. The van der Waals surface area contributed by atoms with Crippen molar-refractivity contribution in [2.75, 3.05) is 13.1 Å². The third-order valence-corrected chi connectivity index (χ3v) is 1.95. The van der Waals surface area contributed by atoms with Crippen molar-refractivity contribution in [2.24, 2.45) is 0 Å². The molecule has 0 bridgehead atoms. The summed E-state index contributed by atoms with van der Waals surface area (Å²) in [6, 6.07) is 0. The number of aromatic nitrogens is 3. The van der Waals surface area contributed by atoms with Gasteiger partial charge in [-0.05, 0) is 32.9 Å². The van der Waals surface area contributed by atoms with E-state index < -0.39 is 0 Å². The molecule has 0 atom stereocenters. The number of nitrogens with zero attached hydrogens (tertiary/aromatic N) is 3. The first-order valence-corrected chi connectivity index (χ1v) is 4.96. The highest BCUT2D eigenvalue weighted by molar-refractivity contribution is 4.92. The van der Waals surface area contributed by atoms with Crippen molar-refractivity contribution in [2.45, 2.75) is 33.2 Å². The molecule has 0 saturated heterocycles. The Labute approximate surface area is 79.3 Å². The second-order valence-electron chi connectivity index (χ2n) is 3.02. The summed E-state index contributed by atoms with van der Waals surface area (Å²) in [6.07, 6.45) is 4.18. The maximum atomic E-state index is 4.07. The first-order chi connectivity index (χ1) is 6.36. The van der Waals surface area contributed by atoms with Crippen LogP contribution in [0.2, 0.25) is 0 Å². The zero-order chi connectivity index (χ0) is 9.52. The third-order valence-electron chi connectivity index (χ3n) is 1.95. The average molecular weight is 182 g/mol. The van der Waals surface area contributed by atoms with Gasteiger partial charge in [-0.2, -0.15) is 0 Å². The molecule has 0 unspecified atom stereocenters. The molecule has 1 heterocycles. The molecule has 0 aliphatic heterocycles. The first-order valence-electron chi connectivity index (χ1n) is 4.96. The van der Waals surface area contributed by atoms with Crippen LogP contribution in [0.25, 0.3) is 0 Å². The molecule has 4 heteroatoms. The molecular formula is C9H18N4. The molecule has 1 aromatic rings. The van der Waals surface area contributed by atoms with Crippen LogP contribution in [-0.2, 0) is 13.0 Å². The van der Waals surface area contributed by atoms with Gasteiger partial charge in [-0.1, -0.05) is 12.1 Å². The van der Waals surface area contributed by atoms with Crippen molar-refractivity contribution >= 4 is 0 Å². The van der Waals surface area contributed by atoms with E-state index in [0.717, 1.165) is 38.2 Å². The van der Waals surface area contributed by atoms with E-state index in [9.17, 15) is 0 Å². The van der Waals surface area contributed by atoms with Crippen LogP contribution >= 0.6 is 0 Å². The Kier molecular flexibility index (Phi) is 4.46. The van der Waals surface area contributed by atoms with Gasteiger partial charge in [0.15, 0.2) is 0 Å². The largest absolute Gasteiger partial charge is 0.317 e. The highest BCUT2D eigenvalue weighted by atomic mass is 15.4. The fraction of sp³-hybridized carbons (Fsp3) is 0.778. The van der Waals surface area contributed by atoms with E-state index in [-0.39, 0.29) is 0 Å². The van der Waals surface area contributed by atoms with E-state index in [1.54, 1.807) is 0 Å². The lowest BCUT2D eigenvalue weighted by atomic mass is 10.2. The lowest BCUT2D eigenvalue weighted by Crippen LogP contribution is -2.14. The molecule has 0 saturated carbocycles. The van der Waals surface area contributed by atoms with Gasteiger partial charge in [0.25, 0.3) is 0 Å². The van der Waals surface area contributed by atoms with Gasteiger partial charge in [-0.15, -0.1) is 5.10 Å². The van der Waals surface area contributed by atoms with Crippen LogP contribution in [0.1, 0.15) is 26.0 Å². The minimum absolute atomic E-state index is 0.903. The maximum absolute atomic E-state index is 4.07. The Morgan fingerprint density at radius 3 is 2.92 bits per heavy atom. The molecule has 1 aromatic heterocycles. The van der Waals surface area contributed by atoms with Crippen molar-refractivity contribution in [3.63, 3.8) is 0 Å². The predicted octanol–water partition coefficient (Wildman–Crippen LogP) is 0.840. The minimum atomic E-state index is 0.903. The van der Waals surface area contributed by atoms with Crippen LogP contribution in [0.4, 0.5) is 0 Å². The van der Waals surface area contributed by atoms with Gasteiger partial charge in [0.1, 0.15) is 0 Å². The van der Waals surface area contributed by atoms with Gasteiger partial charge in [-0.25, -0.2) is 0 Å². The summed E-state index contributed by atoms with van der Waals surface area (Å²) >= 11 is 0. The molecule has 1 rings (SSSR count). The zero-order valence-corrected chi connectivity index (χ0v) is 8.45. The topological polar surface area (TPSA) is 42.7 Å². The van der Waals surface area contributed by atoms with E-state index in [4.69, 9.17) is 0 Å². The minimum Gasteiger partial charge on any atom is -0.317 e. The SMILES string of the molecule is CCNCCCc1cn(CC)nn1. The second-order valence-corrected chi connectivity index (χ2v) is 3.02. The number of rotatable bonds is 6. The smallest absolute Gasteiger partial charge is 0.0827 e. The lowest BCUT2D eigenvalue weighted by Gasteiger charge is -1.97. The van der Waals surface area contributed by atoms with Gasteiger partial charge >= 0.3 is 0 Å². The van der Waals surface area contributed by atoms with Gasteiger partial charge in [0, 0.05) is 12.7 Å². The Balaban J connectivity index is 2.20. The molecule has 0 aliphatic carbocycles. The Morgan fingerprint density at radius 2 is 2.31 bits per heavy atom.